The van der Waals surface area contributed by atoms with Gasteiger partial charge in [-0.15, -0.1) is 0 Å². The topological polar surface area (TPSA) is 40.0 Å². The Bertz CT molecular complexity index is 1000. The summed E-state index contributed by atoms with van der Waals surface area (Å²) in [5.41, 5.74) is 3.82. The maximum Gasteiger partial charge on any atom is 0.225 e. The Hall–Kier alpha value is -3.53. The quantitative estimate of drug-likeness (QED) is 0.279. The number of methoxy groups -OCH3 is 1. The summed E-state index contributed by atoms with van der Waals surface area (Å²) in [7, 11) is 1.64. The predicted octanol–water partition coefficient (Wildman–Crippen LogP) is 6.40. The standard InChI is InChI=1S/C25H25NO3/c1-18-8-12-23(13-9-18)28-17-20(3)25(29-24-7-5-6-19(2)16-24)26-21-10-14-22(27-4)15-11-21/h5-17H,1-4H3/b20-17+,26-25?. The lowest BCUT2D eigenvalue weighted by Crippen LogP contribution is -2.11. The van der Waals surface area contributed by atoms with Gasteiger partial charge in [-0.1, -0.05) is 29.8 Å². The molecule has 0 N–H and O–H groups in total. The summed E-state index contributed by atoms with van der Waals surface area (Å²) in [6.45, 7) is 5.98. The number of rotatable bonds is 6. The molecule has 0 spiro atoms. The van der Waals surface area contributed by atoms with Crippen LogP contribution in [0.25, 0.3) is 0 Å². The minimum absolute atomic E-state index is 0.466. The van der Waals surface area contributed by atoms with Crippen molar-refractivity contribution in [3.8, 4) is 17.2 Å². The number of benzene rings is 3. The van der Waals surface area contributed by atoms with Crippen molar-refractivity contribution < 1.29 is 14.2 Å². The highest BCUT2D eigenvalue weighted by molar-refractivity contribution is 5.96. The minimum Gasteiger partial charge on any atom is -0.497 e. The molecular weight excluding hydrogens is 362 g/mol. The van der Waals surface area contributed by atoms with Gasteiger partial charge < -0.3 is 14.2 Å². The fraction of sp³-hybridized carbons (Fsp3) is 0.160. The highest BCUT2D eigenvalue weighted by Crippen LogP contribution is 2.21. The summed E-state index contributed by atoms with van der Waals surface area (Å²) in [6, 6.07) is 23.2. The van der Waals surface area contributed by atoms with Crippen LogP contribution >= 0.6 is 0 Å². The number of ether oxygens (including phenoxy) is 3. The van der Waals surface area contributed by atoms with Crippen molar-refractivity contribution in [3.63, 3.8) is 0 Å². The van der Waals surface area contributed by atoms with Crippen LogP contribution in [-0.2, 0) is 0 Å². The molecule has 0 radical (unpaired) electrons. The van der Waals surface area contributed by atoms with E-state index in [0.717, 1.165) is 34.1 Å². The van der Waals surface area contributed by atoms with Gasteiger partial charge in [-0.25, -0.2) is 4.99 Å². The van der Waals surface area contributed by atoms with Crippen LogP contribution in [0.3, 0.4) is 0 Å². The second kappa shape index (κ2) is 9.60. The summed E-state index contributed by atoms with van der Waals surface area (Å²) in [6.07, 6.45) is 1.66. The minimum atomic E-state index is 0.466. The van der Waals surface area contributed by atoms with Crippen LogP contribution in [0.4, 0.5) is 5.69 Å². The maximum absolute atomic E-state index is 6.10. The molecule has 0 saturated carbocycles. The molecule has 0 unspecified atom stereocenters. The van der Waals surface area contributed by atoms with Crippen molar-refractivity contribution in [2.75, 3.05) is 7.11 Å². The van der Waals surface area contributed by atoms with Crippen molar-refractivity contribution >= 4 is 11.6 Å². The SMILES string of the molecule is COc1ccc(N=C(Oc2cccc(C)c2)/C(C)=C/Oc2ccc(C)cc2)cc1. The first-order chi connectivity index (χ1) is 14.0. The Kier molecular flexibility index (Phi) is 6.69. The highest BCUT2D eigenvalue weighted by atomic mass is 16.5. The molecule has 3 aromatic carbocycles. The average molecular weight is 387 g/mol. The molecular formula is C25H25NO3. The van der Waals surface area contributed by atoms with E-state index in [4.69, 9.17) is 14.2 Å². The summed E-state index contributed by atoms with van der Waals surface area (Å²) in [5.74, 6) is 2.72. The highest BCUT2D eigenvalue weighted by Gasteiger charge is 2.08. The van der Waals surface area contributed by atoms with Crippen LogP contribution in [0, 0.1) is 13.8 Å². The molecule has 4 nitrogen and oxygen atoms in total. The van der Waals surface area contributed by atoms with Crippen LogP contribution < -0.4 is 14.2 Å². The Morgan fingerprint density at radius 2 is 1.48 bits per heavy atom. The predicted molar refractivity (Wildman–Crippen MR) is 117 cm³/mol. The van der Waals surface area contributed by atoms with Gasteiger partial charge in [0.1, 0.15) is 17.2 Å². The number of hydrogen-bond donors (Lipinski definition) is 0. The number of aliphatic imine (C=N–C) groups is 1. The molecule has 0 bridgehead atoms. The first kappa shape index (κ1) is 20.2. The maximum atomic E-state index is 6.10. The molecule has 148 valence electrons. The molecule has 0 fully saturated rings. The van der Waals surface area contributed by atoms with E-state index < -0.39 is 0 Å². The first-order valence-corrected chi connectivity index (χ1v) is 9.41. The monoisotopic (exact) mass is 387 g/mol. The lowest BCUT2D eigenvalue weighted by Gasteiger charge is -2.11. The van der Waals surface area contributed by atoms with E-state index in [1.54, 1.807) is 13.4 Å². The van der Waals surface area contributed by atoms with Gasteiger partial charge in [-0.2, -0.15) is 0 Å². The third-order valence-electron chi connectivity index (χ3n) is 4.24. The Balaban J connectivity index is 1.88. The Labute approximate surface area is 172 Å². The Morgan fingerprint density at radius 1 is 0.793 bits per heavy atom. The number of hydrogen-bond acceptors (Lipinski definition) is 4. The number of aryl methyl sites for hydroxylation is 2. The van der Waals surface area contributed by atoms with Crippen LogP contribution in [-0.4, -0.2) is 13.0 Å². The number of nitrogens with zero attached hydrogens (tertiary/aromatic N) is 1. The van der Waals surface area contributed by atoms with Gasteiger partial charge >= 0.3 is 0 Å². The van der Waals surface area contributed by atoms with E-state index in [0.29, 0.717) is 5.90 Å². The van der Waals surface area contributed by atoms with Crippen molar-refractivity contribution in [1.82, 2.24) is 0 Å². The van der Waals surface area contributed by atoms with Crippen molar-refractivity contribution in [3.05, 3.63) is 95.8 Å². The molecule has 29 heavy (non-hydrogen) atoms. The van der Waals surface area contributed by atoms with Gasteiger partial charge in [0.2, 0.25) is 5.90 Å². The second-order valence-corrected chi connectivity index (χ2v) is 6.77. The van der Waals surface area contributed by atoms with Gasteiger partial charge in [-0.05, 0) is 74.9 Å². The molecule has 3 rings (SSSR count). The Morgan fingerprint density at radius 3 is 2.14 bits per heavy atom. The summed E-state index contributed by atoms with van der Waals surface area (Å²) in [5, 5.41) is 0. The molecule has 3 aromatic rings. The van der Waals surface area contributed by atoms with Crippen LogP contribution in [0.5, 0.6) is 17.2 Å². The van der Waals surface area contributed by atoms with E-state index in [1.807, 2.05) is 93.6 Å². The van der Waals surface area contributed by atoms with Crippen LogP contribution in [0.15, 0.2) is 89.6 Å². The normalized spacial score (nSPS) is 11.9. The summed E-state index contributed by atoms with van der Waals surface area (Å²) >= 11 is 0. The van der Waals surface area contributed by atoms with Gasteiger partial charge in [0.05, 0.1) is 19.1 Å². The third kappa shape index (κ3) is 5.98. The largest absolute Gasteiger partial charge is 0.497 e. The molecule has 0 aliphatic heterocycles. The molecule has 4 heteroatoms. The van der Waals surface area contributed by atoms with Crippen LogP contribution in [0.1, 0.15) is 18.1 Å². The van der Waals surface area contributed by atoms with Gasteiger partial charge in [0.15, 0.2) is 0 Å². The average Bonchev–Trinajstić information content (AvgIpc) is 2.73. The van der Waals surface area contributed by atoms with E-state index in [1.165, 1.54) is 5.56 Å². The van der Waals surface area contributed by atoms with Gasteiger partial charge in [-0.3, -0.25) is 0 Å². The summed E-state index contributed by atoms with van der Waals surface area (Å²) in [4.78, 5) is 4.68. The molecule has 0 saturated heterocycles. The molecule has 0 amide bonds. The lowest BCUT2D eigenvalue weighted by atomic mass is 10.2. The lowest BCUT2D eigenvalue weighted by molar-refractivity contribution is 0.415. The smallest absolute Gasteiger partial charge is 0.225 e. The zero-order valence-corrected chi connectivity index (χ0v) is 17.2. The summed E-state index contributed by atoms with van der Waals surface area (Å²) < 4.78 is 17.1. The molecule has 0 aliphatic rings. The molecule has 0 atom stereocenters. The zero-order chi connectivity index (χ0) is 20.6. The third-order valence-corrected chi connectivity index (χ3v) is 4.24. The fourth-order valence-corrected chi connectivity index (χ4v) is 2.58. The van der Waals surface area contributed by atoms with Crippen molar-refractivity contribution in [2.45, 2.75) is 20.8 Å². The van der Waals surface area contributed by atoms with E-state index in [2.05, 4.69) is 4.99 Å². The van der Waals surface area contributed by atoms with E-state index in [-0.39, 0.29) is 0 Å². The molecule has 0 aliphatic carbocycles. The van der Waals surface area contributed by atoms with Crippen molar-refractivity contribution in [1.29, 1.82) is 0 Å². The van der Waals surface area contributed by atoms with Gasteiger partial charge in [0, 0.05) is 5.57 Å². The first-order valence-electron chi connectivity index (χ1n) is 9.41. The zero-order valence-electron chi connectivity index (χ0n) is 17.2. The van der Waals surface area contributed by atoms with E-state index in [9.17, 15) is 0 Å². The van der Waals surface area contributed by atoms with Gasteiger partial charge in [0.25, 0.3) is 0 Å². The second-order valence-electron chi connectivity index (χ2n) is 6.77. The van der Waals surface area contributed by atoms with Crippen molar-refractivity contribution in [2.24, 2.45) is 4.99 Å². The van der Waals surface area contributed by atoms with Crippen LogP contribution in [0.2, 0.25) is 0 Å². The molecule has 0 aromatic heterocycles. The molecule has 0 heterocycles. The van der Waals surface area contributed by atoms with E-state index >= 15 is 0 Å². The fourth-order valence-electron chi connectivity index (χ4n) is 2.58.